The predicted octanol–water partition coefficient (Wildman–Crippen LogP) is 4.27. The molecule has 1 N–H and O–H groups in total. The smallest absolute Gasteiger partial charge is 0.318 e. The number of carbonyl (C=O) groups excluding carboxylic acids is 1. The number of amides is 1. The third kappa shape index (κ3) is 4.11. The van der Waals surface area contributed by atoms with Crippen molar-refractivity contribution in [2.45, 2.75) is 20.0 Å². The summed E-state index contributed by atoms with van der Waals surface area (Å²) in [5, 5.41) is 3.94. The molecule has 5 nitrogen and oxygen atoms in total. The van der Waals surface area contributed by atoms with Gasteiger partial charge in [0.05, 0.1) is 17.3 Å². The minimum absolute atomic E-state index is 0.370. The Bertz CT molecular complexity index is 1020. The van der Waals surface area contributed by atoms with E-state index in [1.165, 1.54) is 18.5 Å². The molecule has 2 aromatic heterocycles. The zero-order valence-electron chi connectivity index (χ0n) is 15.2. The van der Waals surface area contributed by atoms with Gasteiger partial charge in [0.25, 0.3) is 5.91 Å². The summed E-state index contributed by atoms with van der Waals surface area (Å²) in [7, 11) is 0. The molecule has 0 aliphatic carbocycles. The molecule has 0 fully saturated rings. The quantitative estimate of drug-likeness (QED) is 0.538. The largest absolute Gasteiger partial charge is 0.416 e. The molecule has 0 atom stereocenters. The lowest BCUT2D eigenvalue weighted by Gasteiger charge is -2.13. The lowest BCUT2D eigenvalue weighted by Crippen LogP contribution is -2.17. The van der Waals surface area contributed by atoms with E-state index in [9.17, 15) is 18.0 Å². The van der Waals surface area contributed by atoms with Crippen LogP contribution in [-0.4, -0.2) is 21.7 Å². The van der Waals surface area contributed by atoms with E-state index in [2.05, 4.69) is 15.5 Å². The molecular formula is C20H17F3N4O. The molecule has 1 amide bonds. The van der Waals surface area contributed by atoms with Crippen molar-refractivity contribution in [2.75, 3.05) is 0 Å². The Morgan fingerprint density at radius 2 is 1.96 bits per heavy atom. The van der Waals surface area contributed by atoms with Gasteiger partial charge in [0, 0.05) is 35.0 Å². The summed E-state index contributed by atoms with van der Waals surface area (Å²) in [4.78, 5) is 15.8. The molecule has 0 aliphatic heterocycles. The maximum absolute atomic E-state index is 13.0. The van der Waals surface area contributed by atoms with Crippen LogP contribution in [0.4, 0.5) is 13.2 Å². The average Bonchev–Trinajstić information content (AvgIpc) is 2.95. The van der Waals surface area contributed by atoms with Gasteiger partial charge in [-0.1, -0.05) is 6.07 Å². The van der Waals surface area contributed by atoms with Gasteiger partial charge in [0.15, 0.2) is 0 Å². The Kier molecular flexibility index (Phi) is 5.30. The van der Waals surface area contributed by atoms with Crippen LogP contribution in [0.2, 0.25) is 0 Å². The number of aromatic nitrogens is 2. The molecule has 0 unspecified atom stereocenters. The van der Waals surface area contributed by atoms with Crippen molar-refractivity contribution in [3.63, 3.8) is 0 Å². The first-order valence-electron chi connectivity index (χ1n) is 8.37. The number of pyridine rings is 1. The summed E-state index contributed by atoms with van der Waals surface area (Å²) in [6.07, 6.45) is 0.0274. The van der Waals surface area contributed by atoms with Crippen LogP contribution in [0.1, 0.15) is 32.9 Å². The number of hydrazone groups is 1. The van der Waals surface area contributed by atoms with E-state index in [1.54, 1.807) is 48.9 Å². The van der Waals surface area contributed by atoms with E-state index in [4.69, 9.17) is 0 Å². The lowest BCUT2D eigenvalue weighted by molar-refractivity contribution is -0.137. The first-order chi connectivity index (χ1) is 13.3. The maximum atomic E-state index is 13.0. The molecular weight excluding hydrogens is 369 g/mol. The van der Waals surface area contributed by atoms with E-state index in [0.717, 1.165) is 17.8 Å². The number of rotatable bonds is 4. The number of benzene rings is 1. The summed E-state index contributed by atoms with van der Waals surface area (Å²) in [5.41, 5.74) is 4.60. The molecule has 2 heterocycles. The summed E-state index contributed by atoms with van der Waals surface area (Å²) >= 11 is 0. The highest BCUT2D eigenvalue weighted by Gasteiger charge is 2.30. The molecule has 0 radical (unpaired) electrons. The molecule has 0 saturated carbocycles. The first kappa shape index (κ1) is 19.3. The Morgan fingerprint density at radius 1 is 1.18 bits per heavy atom. The Balaban J connectivity index is 1.84. The molecule has 3 rings (SSSR count). The minimum atomic E-state index is -4.41. The van der Waals surface area contributed by atoms with Gasteiger partial charge >= 0.3 is 6.18 Å². The molecule has 144 valence electrons. The van der Waals surface area contributed by atoms with Gasteiger partial charge < -0.3 is 4.57 Å². The number of nitrogens with one attached hydrogen (secondary N) is 1. The van der Waals surface area contributed by atoms with Crippen molar-refractivity contribution >= 4 is 12.1 Å². The lowest BCUT2D eigenvalue weighted by atomic mass is 10.2. The fourth-order valence-electron chi connectivity index (χ4n) is 2.86. The normalized spacial score (nSPS) is 11.8. The number of aryl methyl sites for hydroxylation is 1. The van der Waals surface area contributed by atoms with Crippen LogP contribution >= 0.6 is 0 Å². The highest BCUT2D eigenvalue weighted by atomic mass is 19.4. The molecule has 0 bridgehead atoms. The van der Waals surface area contributed by atoms with Crippen molar-refractivity contribution in [3.8, 4) is 5.69 Å². The van der Waals surface area contributed by atoms with Crippen LogP contribution in [0.25, 0.3) is 5.69 Å². The summed E-state index contributed by atoms with van der Waals surface area (Å²) in [6.45, 7) is 3.57. The Labute approximate surface area is 159 Å². The van der Waals surface area contributed by atoms with Crippen LogP contribution in [0, 0.1) is 13.8 Å². The van der Waals surface area contributed by atoms with Crippen molar-refractivity contribution < 1.29 is 18.0 Å². The van der Waals surface area contributed by atoms with Crippen LogP contribution < -0.4 is 5.43 Å². The molecule has 1 aromatic carbocycles. The zero-order chi connectivity index (χ0) is 20.3. The first-order valence-corrected chi connectivity index (χ1v) is 8.37. The predicted molar refractivity (Wildman–Crippen MR) is 99.5 cm³/mol. The van der Waals surface area contributed by atoms with Crippen LogP contribution in [0.5, 0.6) is 0 Å². The Morgan fingerprint density at radius 3 is 2.64 bits per heavy atom. The van der Waals surface area contributed by atoms with E-state index < -0.39 is 17.6 Å². The second-order valence-corrected chi connectivity index (χ2v) is 6.15. The van der Waals surface area contributed by atoms with Crippen molar-refractivity contribution in [1.82, 2.24) is 15.0 Å². The van der Waals surface area contributed by atoms with E-state index >= 15 is 0 Å². The number of alkyl halides is 3. The van der Waals surface area contributed by atoms with Gasteiger partial charge in [-0.15, -0.1) is 0 Å². The number of halogens is 3. The topological polar surface area (TPSA) is 59.3 Å². The van der Waals surface area contributed by atoms with Gasteiger partial charge in [0.1, 0.15) is 0 Å². The second kappa shape index (κ2) is 7.67. The molecule has 0 aliphatic rings. The summed E-state index contributed by atoms with van der Waals surface area (Å²) in [5.74, 6) is -0.406. The molecule has 28 heavy (non-hydrogen) atoms. The molecule has 8 heteroatoms. The second-order valence-electron chi connectivity index (χ2n) is 6.15. The SMILES string of the molecule is Cc1cc(/C=N\NC(=O)c2cccnc2)c(C)n1-c1cccc(C(F)(F)F)c1. The average molecular weight is 386 g/mol. The van der Waals surface area contributed by atoms with Crippen molar-refractivity contribution in [1.29, 1.82) is 0 Å². The van der Waals surface area contributed by atoms with Crippen LogP contribution in [0.3, 0.4) is 0 Å². The zero-order valence-corrected chi connectivity index (χ0v) is 15.2. The van der Waals surface area contributed by atoms with Gasteiger partial charge in [-0.3, -0.25) is 9.78 Å². The van der Waals surface area contributed by atoms with Crippen molar-refractivity contribution in [2.24, 2.45) is 5.10 Å². The number of hydrogen-bond donors (Lipinski definition) is 1. The molecule has 3 aromatic rings. The molecule has 0 spiro atoms. The highest BCUT2D eigenvalue weighted by Crippen LogP contribution is 2.31. The number of nitrogens with zero attached hydrogens (tertiary/aromatic N) is 3. The number of carbonyl (C=O) groups is 1. The summed E-state index contributed by atoms with van der Waals surface area (Å²) < 4.78 is 40.7. The third-order valence-corrected chi connectivity index (χ3v) is 4.20. The molecule has 0 saturated heterocycles. The van der Waals surface area contributed by atoms with Gasteiger partial charge in [-0.05, 0) is 50.2 Å². The summed E-state index contributed by atoms with van der Waals surface area (Å²) in [6, 6.07) is 10.2. The fraction of sp³-hybridized carbons (Fsp3) is 0.150. The van der Waals surface area contributed by atoms with Crippen LogP contribution in [0.15, 0.2) is 60.0 Å². The van der Waals surface area contributed by atoms with Gasteiger partial charge in [0.2, 0.25) is 0 Å². The fourth-order valence-corrected chi connectivity index (χ4v) is 2.86. The van der Waals surface area contributed by atoms with E-state index in [1.807, 2.05) is 0 Å². The minimum Gasteiger partial charge on any atom is -0.318 e. The third-order valence-electron chi connectivity index (χ3n) is 4.20. The highest BCUT2D eigenvalue weighted by molar-refractivity contribution is 5.94. The van der Waals surface area contributed by atoms with Gasteiger partial charge in [-0.25, -0.2) is 5.43 Å². The van der Waals surface area contributed by atoms with Crippen molar-refractivity contribution in [3.05, 3.63) is 82.9 Å². The van der Waals surface area contributed by atoms with Gasteiger partial charge in [-0.2, -0.15) is 18.3 Å². The number of hydrogen-bond acceptors (Lipinski definition) is 3. The van der Waals surface area contributed by atoms with Crippen LogP contribution in [-0.2, 0) is 6.18 Å². The van der Waals surface area contributed by atoms with E-state index in [-0.39, 0.29) is 0 Å². The Hall–Kier alpha value is -3.42. The monoisotopic (exact) mass is 386 g/mol. The standard InChI is InChI=1S/C20H17F3N4O/c1-13-9-16(12-25-26-19(28)15-5-4-8-24-11-15)14(2)27(13)18-7-3-6-17(10-18)20(21,22)23/h3-12H,1-2H3,(H,26,28)/b25-12-. The van der Waals surface area contributed by atoms with E-state index in [0.29, 0.717) is 22.5 Å². The maximum Gasteiger partial charge on any atom is 0.416 e.